The highest BCUT2D eigenvalue weighted by atomic mass is 35.5. The van der Waals surface area contributed by atoms with Crippen molar-refractivity contribution in [2.75, 3.05) is 5.32 Å². The number of anilines is 1. The zero-order chi connectivity index (χ0) is 20.4. The van der Waals surface area contributed by atoms with Crippen LogP contribution >= 0.6 is 11.6 Å². The molecular formula is C21H19ClN4O2. The van der Waals surface area contributed by atoms with E-state index in [4.69, 9.17) is 16.1 Å². The predicted molar refractivity (Wildman–Crippen MR) is 108 cm³/mol. The van der Waals surface area contributed by atoms with Crippen molar-refractivity contribution < 1.29 is 9.32 Å². The van der Waals surface area contributed by atoms with Gasteiger partial charge >= 0.3 is 0 Å². The number of nitriles is 1. The minimum Gasteiger partial charge on any atom is -0.360 e. The van der Waals surface area contributed by atoms with Crippen molar-refractivity contribution in [2.24, 2.45) is 0 Å². The summed E-state index contributed by atoms with van der Waals surface area (Å²) < 4.78 is 7.07. The van der Waals surface area contributed by atoms with Crippen molar-refractivity contribution in [1.29, 1.82) is 5.26 Å². The van der Waals surface area contributed by atoms with E-state index in [1.807, 2.05) is 50.5 Å². The van der Waals surface area contributed by atoms with Crippen molar-refractivity contribution in [3.8, 4) is 11.9 Å². The second-order valence-electron chi connectivity index (χ2n) is 6.54. The summed E-state index contributed by atoms with van der Waals surface area (Å²) in [7, 11) is 0. The number of aryl methyl sites for hydroxylation is 3. The first-order valence-electron chi connectivity index (χ1n) is 8.62. The highest BCUT2D eigenvalue weighted by Crippen LogP contribution is 2.24. The molecule has 0 fully saturated rings. The Kier molecular flexibility index (Phi) is 5.39. The van der Waals surface area contributed by atoms with Crippen LogP contribution < -0.4 is 5.32 Å². The number of amides is 1. The topological polar surface area (TPSA) is 83.9 Å². The van der Waals surface area contributed by atoms with Gasteiger partial charge in [-0.2, -0.15) is 5.26 Å². The number of rotatable bonds is 4. The fourth-order valence-corrected chi connectivity index (χ4v) is 3.14. The van der Waals surface area contributed by atoms with Gasteiger partial charge in [0.25, 0.3) is 5.91 Å². The monoisotopic (exact) mass is 394 g/mol. The largest absolute Gasteiger partial charge is 0.360 e. The number of carbonyl (C=O) groups excluding carboxylic acids is 1. The maximum Gasteiger partial charge on any atom is 0.266 e. The van der Waals surface area contributed by atoms with Gasteiger partial charge in [-0.05, 0) is 63.1 Å². The third-order valence-corrected chi connectivity index (χ3v) is 4.66. The number of aromatic nitrogens is 2. The van der Waals surface area contributed by atoms with Crippen LogP contribution in [0.25, 0.3) is 11.9 Å². The van der Waals surface area contributed by atoms with Gasteiger partial charge in [-0.1, -0.05) is 22.8 Å². The summed E-state index contributed by atoms with van der Waals surface area (Å²) >= 11 is 6.00. The molecule has 0 saturated carbocycles. The van der Waals surface area contributed by atoms with E-state index in [-0.39, 0.29) is 5.57 Å². The Morgan fingerprint density at radius 1 is 1.25 bits per heavy atom. The molecule has 3 aromatic rings. The van der Waals surface area contributed by atoms with Crippen molar-refractivity contribution >= 4 is 29.3 Å². The van der Waals surface area contributed by atoms with Crippen molar-refractivity contribution in [3.05, 3.63) is 69.2 Å². The normalized spacial score (nSPS) is 11.4. The molecule has 0 aliphatic carbocycles. The molecule has 6 nitrogen and oxygen atoms in total. The van der Waals surface area contributed by atoms with E-state index in [0.717, 1.165) is 22.5 Å². The van der Waals surface area contributed by atoms with Gasteiger partial charge in [0.2, 0.25) is 0 Å². The molecule has 1 N–H and O–H groups in total. The number of nitrogens with one attached hydrogen (secondary N) is 1. The Hall–Kier alpha value is -3.30. The van der Waals surface area contributed by atoms with Crippen molar-refractivity contribution in [2.45, 2.75) is 27.7 Å². The molecule has 1 amide bonds. The Morgan fingerprint density at radius 2 is 2.00 bits per heavy atom. The molecule has 0 saturated heterocycles. The highest BCUT2D eigenvalue weighted by molar-refractivity contribution is 6.31. The molecule has 0 aliphatic heterocycles. The molecule has 0 bridgehead atoms. The fraction of sp³-hybridized carbons (Fsp3) is 0.190. The summed E-state index contributed by atoms with van der Waals surface area (Å²) in [5, 5.41) is 16.8. The minimum atomic E-state index is -0.491. The first kappa shape index (κ1) is 19.5. The van der Waals surface area contributed by atoms with E-state index in [1.54, 1.807) is 24.3 Å². The lowest BCUT2D eigenvalue weighted by atomic mass is 10.1. The Bertz CT molecular complexity index is 1130. The number of hydrogen-bond donors (Lipinski definition) is 1. The number of benzene rings is 1. The molecule has 7 heteroatoms. The zero-order valence-electron chi connectivity index (χ0n) is 16.0. The summed E-state index contributed by atoms with van der Waals surface area (Å²) in [5.41, 5.74) is 3.95. The summed E-state index contributed by atoms with van der Waals surface area (Å²) in [5.74, 6) is 0.869. The van der Waals surface area contributed by atoms with Crippen LogP contribution in [0.2, 0.25) is 5.02 Å². The molecule has 2 aromatic heterocycles. The van der Waals surface area contributed by atoms with Crippen LogP contribution in [0.3, 0.4) is 0 Å². The first-order valence-corrected chi connectivity index (χ1v) is 9.00. The van der Waals surface area contributed by atoms with Crippen LogP contribution in [0.15, 0.2) is 40.4 Å². The lowest BCUT2D eigenvalue weighted by molar-refractivity contribution is -0.112. The Labute approximate surface area is 168 Å². The van der Waals surface area contributed by atoms with Crippen LogP contribution in [0.4, 0.5) is 5.69 Å². The number of hydrogen-bond acceptors (Lipinski definition) is 4. The maximum atomic E-state index is 12.6. The first-order chi connectivity index (χ1) is 13.3. The predicted octanol–water partition coefficient (Wildman–Crippen LogP) is 4.90. The van der Waals surface area contributed by atoms with Gasteiger partial charge in [0, 0.05) is 28.2 Å². The lowest BCUT2D eigenvalue weighted by Crippen LogP contribution is -2.14. The van der Waals surface area contributed by atoms with Gasteiger partial charge in [-0.15, -0.1) is 0 Å². The number of halogens is 1. The van der Waals surface area contributed by atoms with Gasteiger partial charge in [0.1, 0.15) is 17.4 Å². The third kappa shape index (κ3) is 3.85. The summed E-state index contributed by atoms with van der Waals surface area (Å²) in [6, 6.07) is 10.9. The molecule has 2 heterocycles. The molecule has 3 rings (SSSR count). The summed E-state index contributed by atoms with van der Waals surface area (Å²) in [4.78, 5) is 12.6. The van der Waals surface area contributed by atoms with Gasteiger partial charge < -0.3 is 9.84 Å². The molecule has 1 aromatic carbocycles. The minimum absolute atomic E-state index is 0.00374. The van der Waals surface area contributed by atoms with E-state index >= 15 is 0 Å². The van der Waals surface area contributed by atoms with E-state index < -0.39 is 5.91 Å². The van der Waals surface area contributed by atoms with E-state index in [9.17, 15) is 10.1 Å². The number of carbonyl (C=O) groups is 1. The van der Waals surface area contributed by atoms with Crippen molar-refractivity contribution in [1.82, 2.24) is 9.72 Å². The van der Waals surface area contributed by atoms with E-state index in [2.05, 4.69) is 10.5 Å². The maximum absolute atomic E-state index is 12.6. The summed E-state index contributed by atoms with van der Waals surface area (Å²) in [6.07, 6.45) is 1.57. The molecule has 0 radical (unpaired) electrons. The summed E-state index contributed by atoms with van der Waals surface area (Å²) in [6.45, 7) is 7.50. The van der Waals surface area contributed by atoms with E-state index in [1.165, 1.54) is 0 Å². The van der Waals surface area contributed by atoms with Crippen LogP contribution in [-0.2, 0) is 4.79 Å². The van der Waals surface area contributed by atoms with Crippen LogP contribution in [0, 0.1) is 39.0 Å². The molecule has 28 heavy (non-hydrogen) atoms. The molecule has 0 spiro atoms. The zero-order valence-corrected chi connectivity index (χ0v) is 16.8. The number of nitrogens with zero attached hydrogens (tertiary/aromatic N) is 3. The average Bonchev–Trinajstić information content (AvgIpc) is 3.18. The van der Waals surface area contributed by atoms with Gasteiger partial charge in [-0.3, -0.25) is 9.36 Å². The second-order valence-corrected chi connectivity index (χ2v) is 6.98. The van der Waals surface area contributed by atoms with Gasteiger partial charge in [0.15, 0.2) is 5.82 Å². The molecule has 0 aliphatic rings. The van der Waals surface area contributed by atoms with Crippen LogP contribution in [0.5, 0.6) is 0 Å². The van der Waals surface area contributed by atoms with Crippen LogP contribution in [-0.4, -0.2) is 15.6 Å². The average molecular weight is 395 g/mol. The second kappa shape index (κ2) is 7.75. The molecule has 0 atom stereocenters. The Balaban J connectivity index is 1.94. The van der Waals surface area contributed by atoms with Gasteiger partial charge in [0.05, 0.1) is 0 Å². The van der Waals surface area contributed by atoms with E-state index in [0.29, 0.717) is 22.3 Å². The van der Waals surface area contributed by atoms with Crippen molar-refractivity contribution in [3.63, 3.8) is 0 Å². The molecular weight excluding hydrogens is 376 g/mol. The lowest BCUT2D eigenvalue weighted by Gasteiger charge is -2.08. The highest BCUT2D eigenvalue weighted by Gasteiger charge is 2.16. The standard InChI is InChI=1S/C21H19ClN4O2/c1-12-5-6-18(22)10-19(12)24-21(27)17(11-23)9-16-7-13(2)26(15(16)4)20-8-14(3)28-25-20/h5-10H,1-4H3,(H,24,27)/b17-9+. The molecule has 0 unspecified atom stereocenters. The SMILES string of the molecule is Cc1cc(-n2c(C)cc(/C=C(\C#N)C(=O)Nc3cc(Cl)ccc3C)c2C)no1. The quantitative estimate of drug-likeness (QED) is 0.504. The Morgan fingerprint density at radius 3 is 2.64 bits per heavy atom. The fourth-order valence-electron chi connectivity index (χ4n) is 2.97. The van der Waals surface area contributed by atoms with Crippen LogP contribution in [0.1, 0.15) is 28.3 Å². The smallest absolute Gasteiger partial charge is 0.266 e. The molecule has 142 valence electrons. The third-order valence-electron chi connectivity index (χ3n) is 4.43. The van der Waals surface area contributed by atoms with Gasteiger partial charge in [-0.25, -0.2) is 0 Å².